The molecule has 0 atom stereocenters. The van der Waals surface area contributed by atoms with Crippen molar-refractivity contribution in [2.24, 2.45) is 0 Å². The van der Waals surface area contributed by atoms with Gasteiger partial charge >= 0.3 is 6.18 Å². The van der Waals surface area contributed by atoms with Crippen LogP contribution in [-0.2, 0) is 0 Å². The molecule has 2 N–H and O–H groups in total. The third kappa shape index (κ3) is 3.75. The van der Waals surface area contributed by atoms with E-state index in [4.69, 9.17) is 11.0 Å². The molecular weight excluding hydrogens is 321 g/mol. The Morgan fingerprint density at radius 3 is 2.43 bits per heavy atom. The van der Waals surface area contributed by atoms with Gasteiger partial charge in [-0.2, -0.15) is 18.4 Å². The van der Waals surface area contributed by atoms with Gasteiger partial charge < -0.3 is 10.6 Å². The lowest BCUT2D eigenvalue weighted by molar-refractivity contribution is -0.146. The number of thioether (sulfide) groups is 1. The number of hydrogen-bond donors (Lipinski definition) is 1. The molecule has 0 bridgehead atoms. The topological polar surface area (TPSA) is 56.3 Å². The molecule has 1 fully saturated rings. The lowest BCUT2D eigenvalue weighted by Gasteiger charge is -2.35. The molecule has 1 aliphatic heterocycles. The van der Waals surface area contributed by atoms with E-state index in [0.717, 1.165) is 9.90 Å². The van der Waals surface area contributed by atoms with Crippen LogP contribution in [0.1, 0.15) is 4.88 Å². The van der Waals surface area contributed by atoms with Crippen molar-refractivity contribution in [2.45, 2.75) is 11.1 Å². The molecule has 0 aromatic carbocycles. The highest BCUT2D eigenvalue weighted by Crippen LogP contribution is 2.43. The fourth-order valence-electron chi connectivity index (χ4n) is 2.27. The Balaban J connectivity index is 2.08. The zero-order valence-corrected chi connectivity index (χ0v) is 13.0. The molecule has 1 aliphatic rings. The fourth-order valence-corrected chi connectivity index (χ4v) is 4.30. The molecule has 2 heterocycles. The van der Waals surface area contributed by atoms with Crippen LogP contribution in [0.15, 0.2) is 4.90 Å². The van der Waals surface area contributed by atoms with Crippen molar-refractivity contribution in [2.75, 3.05) is 49.6 Å². The van der Waals surface area contributed by atoms with Gasteiger partial charge in [0.25, 0.3) is 0 Å². The van der Waals surface area contributed by atoms with Crippen LogP contribution in [0, 0.1) is 11.3 Å². The molecule has 1 saturated heterocycles. The van der Waals surface area contributed by atoms with Gasteiger partial charge in [0, 0.05) is 26.2 Å². The van der Waals surface area contributed by atoms with E-state index in [9.17, 15) is 13.2 Å². The summed E-state index contributed by atoms with van der Waals surface area (Å²) < 4.78 is 37.1. The Labute approximate surface area is 129 Å². The van der Waals surface area contributed by atoms with Crippen molar-refractivity contribution in [1.29, 1.82) is 5.26 Å². The number of hydrogen-bond acceptors (Lipinski definition) is 6. The number of piperazine rings is 1. The average molecular weight is 336 g/mol. The average Bonchev–Trinajstić information content (AvgIpc) is 2.74. The number of rotatable bonds is 3. The van der Waals surface area contributed by atoms with Crippen LogP contribution in [-0.4, -0.2) is 50.1 Å². The largest absolute Gasteiger partial charge is 0.401 e. The van der Waals surface area contributed by atoms with Gasteiger partial charge in [-0.1, -0.05) is 0 Å². The maximum Gasteiger partial charge on any atom is 0.401 e. The SMILES string of the molecule is CSc1c(N2CCN(CC(F)(F)F)CC2)sc(C#N)c1N. The molecule has 0 unspecified atom stereocenters. The first-order chi connectivity index (χ1) is 9.85. The van der Waals surface area contributed by atoms with Gasteiger partial charge in [0.15, 0.2) is 0 Å². The number of halogens is 3. The van der Waals surface area contributed by atoms with Crippen molar-refractivity contribution >= 4 is 33.8 Å². The Morgan fingerprint density at radius 2 is 1.95 bits per heavy atom. The summed E-state index contributed by atoms with van der Waals surface area (Å²) in [6, 6.07) is 2.06. The molecule has 4 nitrogen and oxygen atoms in total. The summed E-state index contributed by atoms with van der Waals surface area (Å²) in [7, 11) is 0. The predicted molar refractivity (Wildman–Crippen MR) is 79.9 cm³/mol. The van der Waals surface area contributed by atoms with Crippen molar-refractivity contribution < 1.29 is 13.2 Å². The highest BCUT2D eigenvalue weighted by molar-refractivity contribution is 7.99. The van der Waals surface area contributed by atoms with Gasteiger partial charge in [-0.05, 0) is 6.26 Å². The summed E-state index contributed by atoms with van der Waals surface area (Å²) in [5.41, 5.74) is 6.40. The van der Waals surface area contributed by atoms with E-state index in [1.165, 1.54) is 28.0 Å². The summed E-state index contributed by atoms with van der Waals surface area (Å²) >= 11 is 2.77. The number of alkyl halides is 3. The van der Waals surface area contributed by atoms with E-state index in [2.05, 4.69) is 6.07 Å². The quantitative estimate of drug-likeness (QED) is 0.860. The van der Waals surface area contributed by atoms with Gasteiger partial charge in [0.05, 0.1) is 17.1 Å². The van der Waals surface area contributed by atoms with E-state index in [0.29, 0.717) is 36.7 Å². The second-order valence-corrected chi connectivity index (χ2v) is 6.49. The highest BCUT2D eigenvalue weighted by atomic mass is 32.2. The van der Waals surface area contributed by atoms with Crippen LogP contribution >= 0.6 is 23.1 Å². The number of anilines is 2. The van der Waals surface area contributed by atoms with Crippen molar-refractivity contribution in [3.05, 3.63) is 4.88 Å². The molecule has 0 amide bonds. The number of nitrogen functional groups attached to an aromatic ring is 1. The highest BCUT2D eigenvalue weighted by Gasteiger charge is 2.33. The monoisotopic (exact) mass is 336 g/mol. The first kappa shape index (κ1) is 16.3. The maximum absolute atomic E-state index is 12.4. The van der Waals surface area contributed by atoms with Crippen LogP contribution < -0.4 is 10.6 Å². The van der Waals surface area contributed by atoms with E-state index in [1.54, 1.807) is 0 Å². The zero-order valence-electron chi connectivity index (χ0n) is 11.4. The first-order valence-corrected chi connectivity index (χ1v) is 8.30. The van der Waals surface area contributed by atoms with E-state index in [1.807, 2.05) is 11.2 Å². The van der Waals surface area contributed by atoms with Crippen LogP contribution in [0.25, 0.3) is 0 Å². The molecule has 21 heavy (non-hydrogen) atoms. The fraction of sp³-hybridized carbons (Fsp3) is 0.583. The summed E-state index contributed by atoms with van der Waals surface area (Å²) in [6.07, 6.45) is -2.28. The zero-order chi connectivity index (χ0) is 15.6. The number of nitriles is 1. The third-order valence-corrected chi connectivity index (χ3v) is 5.37. The molecule has 0 saturated carbocycles. The number of thiophene rings is 1. The van der Waals surface area contributed by atoms with Crippen LogP contribution in [0.2, 0.25) is 0 Å². The minimum atomic E-state index is -4.16. The van der Waals surface area contributed by atoms with Crippen molar-refractivity contribution in [1.82, 2.24) is 4.90 Å². The van der Waals surface area contributed by atoms with Gasteiger partial charge in [-0.3, -0.25) is 4.90 Å². The van der Waals surface area contributed by atoms with Crippen LogP contribution in [0.3, 0.4) is 0 Å². The van der Waals surface area contributed by atoms with E-state index < -0.39 is 12.7 Å². The third-order valence-electron chi connectivity index (χ3n) is 3.25. The second kappa shape index (κ2) is 6.34. The lowest BCUT2D eigenvalue weighted by atomic mass is 10.3. The molecule has 0 radical (unpaired) electrons. The normalized spacial score (nSPS) is 17.0. The smallest absolute Gasteiger partial charge is 0.396 e. The molecule has 2 rings (SSSR count). The van der Waals surface area contributed by atoms with E-state index in [-0.39, 0.29) is 0 Å². The Bertz CT molecular complexity index is 542. The summed E-state index contributed by atoms with van der Waals surface area (Å²) in [5, 5.41) is 9.93. The second-order valence-electron chi connectivity index (χ2n) is 4.67. The Hall–Kier alpha value is -1.11. The predicted octanol–water partition coefficient (Wildman–Crippen LogP) is 2.61. The number of nitrogens with two attached hydrogens (primary N) is 1. The number of nitrogens with zero attached hydrogens (tertiary/aromatic N) is 3. The molecule has 116 valence electrons. The molecule has 0 spiro atoms. The summed E-state index contributed by atoms with van der Waals surface area (Å²) in [6.45, 7) is 0.856. The molecular formula is C12H15F3N4S2. The van der Waals surface area contributed by atoms with Gasteiger partial charge in [0.1, 0.15) is 15.9 Å². The summed E-state index contributed by atoms with van der Waals surface area (Å²) in [5.74, 6) is 0. The van der Waals surface area contributed by atoms with Crippen molar-refractivity contribution in [3.8, 4) is 6.07 Å². The standard InChI is InChI=1S/C12H15F3N4S2/c1-20-10-9(17)8(6-16)21-11(10)19-4-2-18(3-5-19)7-12(13,14)15/h2-5,7,17H2,1H3. The summed E-state index contributed by atoms with van der Waals surface area (Å²) in [4.78, 5) is 4.73. The minimum Gasteiger partial charge on any atom is -0.396 e. The van der Waals surface area contributed by atoms with Crippen molar-refractivity contribution in [3.63, 3.8) is 0 Å². The molecule has 1 aromatic heterocycles. The molecule has 9 heteroatoms. The first-order valence-electron chi connectivity index (χ1n) is 6.26. The lowest BCUT2D eigenvalue weighted by Crippen LogP contribution is -2.49. The molecule has 1 aromatic rings. The van der Waals surface area contributed by atoms with Gasteiger partial charge in [-0.15, -0.1) is 23.1 Å². The minimum absolute atomic E-state index is 0.354. The van der Waals surface area contributed by atoms with Gasteiger partial charge in [-0.25, -0.2) is 0 Å². The van der Waals surface area contributed by atoms with Crippen LogP contribution in [0.5, 0.6) is 0 Å². The van der Waals surface area contributed by atoms with E-state index >= 15 is 0 Å². The Morgan fingerprint density at radius 1 is 1.33 bits per heavy atom. The van der Waals surface area contributed by atoms with Gasteiger partial charge in [0.2, 0.25) is 0 Å². The van der Waals surface area contributed by atoms with Crippen LogP contribution in [0.4, 0.5) is 23.9 Å². The molecule has 0 aliphatic carbocycles. The maximum atomic E-state index is 12.4. The Kier molecular flexibility index (Phi) is 4.91.